The normalized spacial score (nSPS) is 11.8. The molecule has 90 valence electrons. The number of benzene rings is 1. The van der Waals surface area contributed by atoms with Gasteiger partial charge in [-0.05, 0) is 24.5 Å². The first kappa shape index (κ1) is 13.0. The summed E-state index contributed by atoms with van der Waals surface area (Å²) in [4.78, 5) is 0.842. The van der Waals surface area contributed by atoms with E-state index in [0.29, 0.717) is 5.57 Å². The predicted molar refractivity (Wildman–Crippen MR) is 78.8 cm³/mol. The van der Waals surface area contributed by atoms with Crippen LogP contribution in [0.2, 0.25) is 0 Å². The maximum absolute atomic E-state index is 9.42. The number of thioether (sulfide) groups is 1. The van der Waals surface area contributed by atoms with Crippen LogP contribution < -0.4 is 0 Å². The Morgan fingerprint density at radius 2 is 2.06 bits per heavy atom. The van der Waals surface area contributed by atoms with Gasteiger partial charge in [-0.3, -0.25) is 0 Å². The molecule has 1 aromatic heterocycles. The Morgan fingerprint density at radius 1 is 1.28 bits per heavy atom. The van der Waals surface area contributed by atoms with Gasteiger partial charge in [-0.2, -0.15) is 5.26 Å². The number of furan rings is 1. The van der Waals surface area contributed by atoms with E-state index in [1.165, 1.54) is 11.8 Å². The van der Waals surface area contributed by atoms with Crippen molar-refractivity contribution in [1.82, 2.24) is 0 Å². The van der Waals surface area contributed by atoms with Crippen LogP contribution in [0.25, 0.3) is 10.5 Å². The van der Waals surface area contributed by atoms with E-state index in [0.717, 1.165) is 20.7 Å². The molecule has 2 nitrogen and oxygen atoms in total. The van der Waals surface area contributed by atoms with E-state index in [2.05, 4.69) is 22.0 Å². The Bertz CT molecular complexity index is 611. The molecule has 0 N–H and O–H groups in total. The lowest BCUT2D eigenvalue weighted by atomic mass is 10.1. The summed E-state index contributed by atoms with van der Waals surface area (Å²) >= 11 is 4.98. The molecule has 0 unspecified atom stereocenters. The van der Waals surface area contributed by atoms with Crippen LogP contribution in [0.1, 0.15) is 11.3 Å². The molecule has 0 atom stereocenters. The number of hydrogen-bond donors (Lipinski definition) is 0. The fourth-order valence-corrected chi connectivity index (χ4v) is 2.79. The molecule has 0 spiro atoms. The molecule has 18 heavy (non-hydrogen) atoms. The van der Waals surface area contributed by atoms with Crippen LogP contribution in [-0.4, -0.2) is 6.26 Å². The molecule has 0 saturated heterocycles. The summed E-state index contributed by atoms with van der Waals surface area (Å²) in [6, 6.07) is 13.6. The highest BCUT2D eigenvalue weighted by Crippen LogP contribution is 2.36. The van der Waals surface area contributed by atoms with E-state index < -0.39 is 0 Å². The van der Waals surface area contributed by atoms with Gasteiger partial charge in [0.15, 0.2) is 0 Å². The molecule has 0 bridgehead atoms. The van der Waals surface area contributed by atoms with Gasteiger partial charge in [-0.25, -0.2) is 0 Å². The summed E-state index contributed by atoms with van der Waals surface area (Å²) < 4.78 is 6.29. The highest BCUT2D eigenvalue weighted by Gasteiger charge is 2.14. The van der Waals surface area contributed by atoms with Crippen LogP contribution in [-0.2, 0) is 0 Å². The standard InChI is InChI=1S/C14H10BrNOS/c1-18-14(13-7-4-8-17-13)11(9-16)10-5-2-3-6-12(10)15/h2-8H,1H3/b14-11-. The first-order valence-corrected chi connectivity index (χ1v) is 7.27. The second kappa shape index (κ2) is 5.94. The lowest BCUT2D eigenvalue weighted by molar-refractivity contribution is 0.556. The highest BCUT2D eigenvalue weighted by atomic mass is 79.9. The highest BCUT2D eigenvalue weighted by molar-refractivity contribution is 9.10. The summed E-state index contributed by atoms with van der Waals surface area (Å²) in [7, 11) is 0. The third kappa shape index (κ3) is 2.53. The summed E-state index contributed by atoms with van der Waals surface area (Å²) in [5, 5.41) is 9.42. The number of nitriles is 1. The third-order valence-electron chi connectivity index (χ3n) is 2.43. The number of halogens is 1. The maximum atomic E-state index is 9.42. The van der Waals surface area contributed by atoms with Crippen LogP contribution in [0.5, 0.6) is 0 Å². The van der Waals surface area contributed by atoms with Crippen LogP contribution in [0.15, 0.2) is 51.6 Å². The van der Waals surface area contributed by atoms with Crippen molar-refractivity contribution in [2.75, 3.05) is 6.26 Å². The van der Waals surface area contributed by atoms with Gasteiger partial charge in [0.05, 0.1) is 16.7 Å². The summed E-state index contributed by atoms with van der Waals surface area (Å²) in [5.41, 5.74) is 1.49. The van der Waals surface area contributed by atoms with E-state index in [1.807, 2.05) is 42.7 Å². The average Bonchev–Trinajstić information content (AvgIpc) is 2.90. The van der Waals surface area contributed by atoms with Gasteiger partial charge in [0.1, 0.15) is 11.8 Å². The van der Waals surface area contributed by atoms with E-state index in [-0.39, 0.29) is 0 Å². The number of allylic oxidation sites excluding steroid dienone is 1. The summed E-state index contributed by atoms with van der Waals surface area (Å²) in [6.45, 7) is 0. The minimum atomic E-state index is 0.616. The molecule has 0 radical (unpaired) electrons. The monoisotopic (exact) mass is 319 g/mol. The fourth-order valence-electron chi connectivity index (χ4n) is 1.63. The third-order valence-corrected chi connectivity index (χ3v) is 3.94. The summed E-state index contributed by atoms with van der Waals surface area (Å²) in [6.07, 6.45) is 3.55. The molecule has 0 saturated carbocycles. The topological polar surface area (TPSA) is 36.9 Å². The Balaban J connectivity index is 2.64. The summed E-state index contributed by atoms with van der Waals surface area (Å²) in [5.74, 6) is 0.717. The number of nitrogens with zero attached hydrogens (tertiary/aromatic N) is 1. The fraction of sp³-hybridized carbons (Fsp3) is 0.0714. The lowest BCUT2D eigenvalue weighted by Crippen LogP contribution is -1.88. The van der Waals surface area contributed by atoms with Crippen LogP contribution in [0, 0.1) is 11.3 Å². The Kier molecular flexibility index (Phi) is 4.29. The Morgan fingerprint density at radius 3 is 2.61 bits per heavy atom. The van der Waals surface area contributed by atoms with Gasteiger partial charge >= 0.3 is 0 Å². The van der Waals surface area contributed by atoms with E-state index in [9.17, 15) is 5.26 Å². The van der Waals surface area contributed by atoms with Crippen molar-refractivity contribution in [1.29, 1.82) is 5.26 Å². The molecule has 1 aromatic carbocycles. The molecular formula is C14H10BrNOS. The molecule has 0 aliphatic carbocycles. The van der Waals surface area contributed by atoms with E-state index in [4.69, 9.17) is 4.42 Å². The molecule has 0 fully saturated rings. The zero-order valence-electron chi connectivity index (χ0n) is 9.68. The molecule has 1 heterocycles. The van der Waals surface area contributed by atoms with E-state index >= 15 is 0 Å². The van der Waals surface area contributed by atoms with Gasteiger partial charge in [0.2, 0.25) is 0 Å². The van der Waals surface area contributed by atoms with Gasteiger partial charge in [-0.15, -0.1) is 11.8 Å². The van der Waals surface area contributed by atoms with E-state index in [1.54, 1.807) is 6.26 Å². The van der Waals surface area contributed by atoms with Gasteiger partial charge in [0.25, 0.3) is 0 Å². The van der Waals surface area contributed by atoms with Crippen LogP contribution >= 0.6 is 27.7 Å². The van der Waals surface area contributed by atoms with Crippen LogP contribution in [0.4, 0.5) is 0 Å². The van der Waals surface area contributed by atoms with Crippen molar-refractivity contribution < 1.29 is 4.42 Å². The Hall–Kier alpha value is -1.44. The molecule has 2 aromatic rings. The first-order valence-electron chi connectivity index (χ1n) is 5.25. The van der Waals surface area contributed by atoms with Crippen LogP contribution in [0.3, 0.4) is 0 Å². The molecule has 0 amide bonds. The Labute approximate surface area is 118 Å². The van der Waals surface area contributed by atoms with Gasteiger partial charge in [0, 0.05) is 10.0 Å². The number of rotatable bonds is 3. The first-order chi connectivity index (χ1) is 8.77. The minimum Gasteiger partial charge on any atom is -0.464 e. The average molecular weight is 320 g/mol. The maximum Gasteiger partial charge on any atom is 0.141 e. The molecule has 2 rings (SSSR count). The lowest BCUT2D eigenvalue weighted by Gasteiger charge is -2.07. The quantitative estimate of drug-likeness (QED) is 0.763. The van der Waals surface area contributed by atoms with Crippen molar-refractivity contribution in [3.05, 3.63) is 58.5 Å². The zero-order valence-corrected chi connectivity index (χ0v) is 12.1. The molecule has 0 aliphatic rings. The second-order valence-electron chi connectivity index (χ2n) is 3.48. The predicted octanol–water partition coefficient (Wildman–Crippen LogP) is 4.80. The second-order valence-corrected chi connectivity index (χ2v) is 5.15. The van der Waals surface area contributed by atoms with Crippen molar-refractivity contribution in [2.45, 2.75) is 0 Å². The SMILES string of the molecule is CS/C(=C(/C#N)c1ccccc1Br)c1ccco1. The van der Waals surface area contributed by atoms with Gasteiger partial charge < -0.3 is 4.42 Å². The molecule has 4 heteroatoms. The van der Waals surface area contributed by atoms with Gasteiger partial charge in [-0.1, -0.05) is 34.1 Å². The molecule has 0 aliphatic heterocycles. The van der Waals surface area contributed by atoms with Crippen molar-refractivity contribution in [3.8, 4) is 6.07 Å². The van der Waals surface area contributed by atoms with Crippen molar-refractivity contribution in [2.24, 2.45) is 0 Å². The number of hydrogen-bond acceptors (Lipinski definition) is 3. The molecular weight excluding hydrogens is 310 g/mol. The zero-order chi connectivity index (χ0) is 13.0. The van der Waals surface area contributed by atoms with Crippen molar-refractivity contribution >= 4 is 38.2 Å². The van der Waals surface area contributed by atoms with Crippen molar-refractivity contribution in [3.63, 3.8) is 0 Å². The largest absolute Gasteiger partial charge is 0.464 e. The minimum absolute atomic E-state index is 0.616. The smallest absolute Gasteiger partial charge is 0.141 e.